The minimum atomic E-state index is -0.0185. The summed E-state index contributed by atoms with van der Waals surface area (Å²) in [5.74, 6) is 1.48. The van der Waals surface area contributed by atoms with E-state index >= 15 is 0 Å². The van der Waals surface area contributed by atoms with Gasteiger partial charge in [0.15, 0.2) is 0 Å². The quantitative estimate of drug-likeness (QED) is 0.409. The molecule has 0 radical (unpaired) electrons. The van der Waals surface area contributed by atoms with Crippen molar-refractivity contribution < 1.29 is 9.26 Å². The molecular weight excluding hydrogens is 428 g/mol. The zero-order valence-corrected chi connectivity index (χ0v) is 19.4. The van der Waals surface area contributed by atoms with Gasteiger partial charge in [-0.05, 0) is 69.0 Å². The second-order valence-corrected chi connectivity index (χ2v) is 8.79. The summed E-state index contributed by atoms with van der Waals surface area (Å²) in [5.41, 5.74) is 6.68. The number of nitrogens with zero attached hydrogens (tertiary/aromatic N) is 4. The van der Waals surface area contributed by atoms with Crippen molar-refractivity contribution in [3.63, 3.8) is 0 Å². The lowest BCUT2D eigenvalue weighted by molar-refractivity contribution is 0.241. The topological polar surface area (TPSA) is 113 Å². The lowest BCUT2D eigenvalue weighted by atomic mass is 10.0. The molecule has 4 aromatic rings. The molecule has 2 aromatic carbocycles. The van der Waals surface area contributed by atoms with Gasteiger partial charge in [-0.2, -0.15) is 15.3 Å². The van der Waals surface area contributed by atoms with Crippen molar-refractivity contribution in [2.45, 2.75) is 52.3 Å². The van der Waals surface area contributed by atoms with E-state index in [-0.39, 0.29) is 12.1 Å². The molecular formula is C26H26N6O2. The second kappa shape index (κ2) is 9.12. The monoisotopic (exact) mass is 454 g/mol. The Morgan fingerprint density at radius 2 is 2.15 bits per heavy atom. The van der Waals surface area contributed by atoms with Crippen LogP contribution in [0.3, 0.4) is 0 Å². The summed E-state index contributed by atoms with van der Waals surface area (Å²) in [4.78, 5) is 4.65. The van der Waals surface area contributed by atoms with Crippen molar-refractivity contribution in [1.29, 1.82) is 5.26 Å². The number of nitrogens with one attached hydrogen (secondary N) is 2. The number of nitriles is 1. The summed E-state index contributed by atoms with van der Waals surface area (Å²) < 4.78 is 11.3. The standard InChI is InChI=1S/C26H26N6O2/c1-15(2)33-24-10-7-17(12-18(24)13-27)26-29-25(32-34-26)22-6-4-5-21-20(22)8-9-23(21)28-14-19-11-16(3)30-31-19/h4-7,10-12,15,23,28H,8-9,14H2,1-3H3,(H,30,31)/t23-/m0/s1. The number of aryl methyl sites for hydroxylation is 1. The van der Waals surface area contributed by atoms with Crippen molar-refractivity contribution in [3.8, 4) is 34.7 Å². The van der Waals surface area contributed by atoms with Gasteiger partial charge in [0, 0.05) is 29.4 Å². The molecule has 1 atom stereocenters. The van der Waals surface area contributed by atoms with Crippen LogP contribution in [0.2, 0.25) is 0 Å². The summed E-state index contributed by atoms with van der Waals surface area (Å²) in [6.07, 6.45) is 1.93. The van der Waals surface area contributed by atoms with E-state index in [0.717, 1.165) is 36.3 Å². The van der Waals surface area contributed by atoms with Gasteiger partial charge in [0.05, 0.1) is 17.4 Å². The van der Waals surface area contributed by atoms with Crippen LogP contribution in [0.1, 0.15) is 54.4 Å². The fraction of sp³-hybridized carbons (Fsp3) is 0.308. The van der Waals surface area contributed by atoms with Crippen molar-refractivity contribution >= 4 is 0 Å². The number of hydrogen-bond acceptors (Lipinski definition) is 7. The fourth-order valence-electron chi connectivity index (χ4n) is 4.43. The molecule has 0 fully saturated rings. The smallest absolute Gasteiger partial charge is 0.258 e. The molecule has 0 aliphatic heterocycles. The van der Waals surface area contributed by atoms with Gasteiger partial charge in [-0.15, -0.1) is 0 Å². The van der Waals surface area contributed by atoms with E-state index in [4.69, 9.17) is 9.26 Å². The Morgan fingerprint density at radius 3 is 2.91 bits per heavy atom. The lowest BCUT2D eigenvalue weighted by Crippen LogP contribution is -2.18. The minimum Gasteiger partial charge on any atom is -0.490 e. The van der Waals surface area contributed by atoms with Gasteiger partial charge in [-0.1, -0.05) is 23.4 Å². The molecule has 2 N–H and O–H groups in total. The zero-order chi connectivity index (χ0) is 23.7. The SMILES string of the molecule is Cc1cc(CN[C@H]2CCc3c(-c4noc(-c5ccc(OC(C)C)c(C#N)c5)n4)cccc32)[nH]n1. The number of benzene rings is 2. The number of fused-ring (bicyclic) bond motifs is 1. The Kier molecular flexibility index (Phi) is 5.86. The van der Waals surface area contributed by atoms with E-state index in [1.807, 2.05) is 39.0 Å². The van der Waals surface area contributed by atoms with E-state index in [1.54, 1.807) is 12.1 Å². The summed E-state index contributed by atoms with van der Waals surface area (Å²) >= 11 is 0. The molecule has 0 bridgehead atoms. The highest BCUT2D eigenvalue weighted by Crippen LogP contribution is 2.37. The van der Waals surface area contributed by atoms with Gasteiger partial charge in [-0.3, -0.25) is 5.10 Å². The summed E-state index contributed by atoms with van der Waals surface area (Å²) in [6, 6.07) is 16.1. The molecule has 5 rings (SSSR count). The first-order chi connectivity index (χ1) is 16.5. The average molecular weight is 455 g/mol. The van der Waals surface area contributed by atoms with Gasteiger partial charge >= 0.3 is 0 Å². The molecule has 0 saturated heterocycles. The maximum Gasteiger partial charge on any atom is 0.258 e. The third-order valence-electron chi connectivity index (χ3n) is 5.95. The first kappa shape index (κ1) is 21.9. The number of aromatic amines is 1. The van der Waals surface area contributed by atoms with E-state index < -0.39 is 0 Å². The largest absolute Gasteiger partial charge is 0.490 e. The van der Waals surface area contributed by atoms with Crippen LogP contribution in [0.5, 0.6) is 5.75 Å². The van der Waals surface area contributed by atoms with Gasteiger partial charge in [-0.25, -0.2) is 0 Å². The molecule has 1 aliphatic carbocycles. The predicted molar refractivity (Wildman–Crippen MR) is 127 cm³/mol. The molecule has 0 amide bonds. The second-order valence-electron chi connectivity index (χ2n) is 8.79. The third-order valence-corrected chi connectivity index (χ3v) is 5.95. The van der Waals surface area contributed by atoms with Crippen LogP contribution < -0.4 is 10.1 Å². The Balaban J connectivity index is 1.38. The number of H-pyrrole nitrogens is 1. The molecule has 8 nitrogen and oxygen atoms in total. The van der Waals surface area contributed by atoms with Gasteiger partial charge in [0.25, 0.3) is 5.89 Å². The maximum atomic E-state index is 9.53. The van der Waals surface area contributed by atoms with Gasteiger partial charge in [0.2, 0.25) is 5.82 Å². The van der Waals surface area contributed by atoms with Crippen LogP contribution in [0.15, 0.2) is 47.0 Å². The van der Waals surface area contributed by atoms with E-state index in [0.29, 0.717) is 28.6 Å². The van der Waals surface area contributed by atoms with Crippen LogP contribution in [-0.2, 0) is 13.0 Å². The summed E-state index contributed by atoms with van der Waals surface area (Å²) in [7, 11) is 0. The highest BCUT2D eigenvalue weighted by atomic mass is 16.5. The number of hydrogen-bond donors (Lipinski definition) is 2. The molecule has 172 valence electrons. The summed E-state index contributed by atoms with van der Waals surface area (Å²) in [5, 5.41) is 24.7. The Labute approximate surface area is 198 Å². The molecule has 34 heavy (non-hydrogen) atoms. The minimum absolute atomic E-state index is 0.0185. The molecule has 2 heterocycles. The van der Waals surface area contributed by atoms with E-state index in [9.17, 15) is 5.26 Å². The van der Waals surface area contributed by atoms with Crippen LogP contribution in [0.4, 0.5) is 0 Å². The molecule has 0 spiro atoms. The van der Waals surface area contributed by atoms with Crippen molar-refractivity contribution in [2.75, 3.05) is 0 Å². The Bertz CT molecular complexity index is 1360. The maximum absolute atomic E-state index is 9.53. The fourth-order valence-corrected chi connectivity index (χ4v) is 4.43. The highest BCUT2D eigenvalue weighted by Gasteiger charge is 2.26. The zero-order valence-electron chi connectivity index (χ0n) is 19.4. The Morgan fingerprint density at radius 1 is 1.26 bits per heavy atom. The van der Waals surface area contributed by atoms with Gasteiger partial charge < -0.3 is 14.6 Å². The summed E-state index contributed by atoms with van der Waals surface area (Å²) in [6.45, 7) is 6.57. The Hall–Kier alpha value is -3.96. The number of ether oxygens (including phenoxy) is 1. The molecule has 8 heteroatoms. The number of rotatable bonds is 7. The van der Waals surface area contributed by atoms with E-state index in [2.05, 4.69) is 43.9 Å². The third kappa shape index (κ3) is 4.30. The van der Waals surface area contributed by atoms with Gasteiger partial charge in [0.1, 0.15) is 11.8 Å². The van der Waals surface area contributed by atoms with Crippen LogP contribution in [0, 0.1) is 18.3 Å². The van der Waals surface area contributed by atoms with Crippen molar-refractivity contribution in [1.82, 2.24) is 25.7 Å². The molecule has 0 unspecified atom stereocenters. The number of aromatic nitrogens is 4. The lowest BCUT2D eigenvalue weighted by Gasteiger charge is -2.13. The molecule has 2 aromatic heterocycles. The van der Waals surface area contributed by atoms with Crippen molar-refractivity contribution in [2.24, 2.45) is 0 Å². The predicted octanol–water partition coefficient (Wildman–Crippen LogP) is 4.87. The first-order valence-corrected chi connectivity index (χ1v) is 11.4. The molecule has 1 aliphatic rings. The van der Waals surface area contributed by atoms with E-state index in [1.165, 1.54) is 11.1 Å². The molecule has 0 saturated carbocycles. The average Bonchev–Trinajstić information content (AvgIpc) is 3.57. The first-order valence-electron chi connectivity index (χ1n) is 11.4. The van der Waals surface area contributed by atoms with Crippen LogP contribution >= 0.6 is 0 Å². The van der Waals surface area contributed by atoms with Crippen LogP contribution in [0.25, 0.3) is 22.8 Å². The van der Waals surface area contributed by atoms with Crippen molar-refractivity contribution in [3.05, 3.63) is 70.5 Å². The normalized spacial score (nSPS) is 14.9. The van der Waals surface area contributed by atoms with Crippen LogP contribution in [-0.4, -0.2) is 26.4 Å². The highest BCUT2D eigenvalue weighted by molar-refractivity contribution is 5.67.